The lowest BCUT2D eigenvalue weighted by atomic mass is 10.1. The molecule has 0 atom stereocenters. The molecule has 0 saturated heterocycles. The van der Waals surface area contributed by atoms with E-state index in [2.05, 4.69) is 0 Å². The predicted octanol–water partition coefficient (Wildman–Crippen LogP) is 4.09. The highest BCUT2D eigenvalue weighted by molar-refractivity contribution is 5.78. The van der Waals surface area contributed by atoms with E-state index < -0.39 is 11.7 Å². The van der Waals surface area contributed by atoms with Gasteiger partial charge in [0.05, 0.1) is 12.2 Å². The molecule has 0 unspecified atom stereocenters. The predicted molar refractivity (Wildman–Crippen MR) is 61.9 cm³/mol. The first kappa shape index (κ1) is 14.5. The summed E-state index contributed by atoms with van der Waals surface area (Å²) < 4.78 is 43.2. The van der Waals surface area contributed by atoms with Crippen molar-refractivity contribution in [3.05, 3.63) is 29.3 Å². The fourth-order valence-electron chi connectivity index (χ4n) is 1.52. The van der Waals surface area contributed by atoms with Crippen LogP contribution in [0.1, 0.15) is 42.1 Å². The maximum absolute atomic E-state index is 12.6. The van der Waals surface area contributed by atoms with Crippen molar-refractivity contribution in [3.8, 4) is 5.75 Å². The number of benzene rings is 1. The minimum atomic E-state index is -4.54. The normalized spacial score (nSPS) is 11.3. The summed E-state index contributed by atoms with van der Waals surface area (Å²) in [5.74, 6) is 0.143. The lowest BCUT2D eigenvalue weighted by Gasteiger charge is -2.12. The third-order valence-electron chi connectivity index (χ3n) is 2.47. The topological polar surface area (TPSA) is 26.3 Å². The number of halogens is 3. The second-order valence-corrected chi connectivity index (χ2v) is 3.92. The zero-order chi connectivity index (χ0) is 13.6. The molecule has 0 aliphatic heterocycles. The van der Waals surface area contributed by atoms with Gasteiger partial charge in [0.2, 0.25) is 0 Å². The van der Waals surface area contributed by atoms with E-state index in [1.807, 2.05) is 6.92 Å². The number of carbonyl (C=O) groups excluding carboxylic acids is 1. The van der Waals surface area contributed by atoms with Crippen molar-refractivity contribution in [2.24, 2.45) is 0 Å². The van der Waals surface area contributed by atoms with E-state index >= 15 is 0 Å². The van der Waals surface area contributed by atoms with Crippen molar-refractivity contribution in [2.45, 2.75) is 32.4 Å². The van der Waals surface area contributed by atoms with Crippen LogP contribution >= 0.6 is 0 Å². The lowest BCUT2D eigenvalue weighted by Crippen LogP contribution is -2.09. The molecule has 18 heavy (non-hydrogen) atoms. The Morgan fingerprint density at radius 2 is 2.00 bits per heavy atom. The second kappa shape index (κ2) is 6.42. The Morgan fingerprint density at radius 1 is 1.28 bits per heavy atom. The summed E-state index contributed by atoms with van der Waals surface area (Å²) in [4.78, 5) is 10.5. The van der Waals surface area contributed by atoms with E-state index in [0.717, 1.165) is 31.4 Å². The van der Waals surface area contributed by atoms with Gasteiger partial charge in [-0.05, 0) is 24.6 Å². The number of hydrogen-bond donors (Lipinski definition) is 0. The fraction of sp³-hybridized carbons (Fsp3) is 0.462. The number of alkyl halides is 3. The van der Waals surface area contributed by atoms with Gasteiger partial charge in [-0.25, -0.2) is 0 Å². The van der Waals surface area contributed by atoms with Crippen molar-refractivity contribution in [2.75, 3.05) is 6.61 Å². The number of ether oxygens (including phenoxy) is 1. The molecule has 0 amide bonds. The largest absolute Gasteiger partial charge is 0.494 e. The molecule has 0 aliphatic carbocycles. The van der Waals surface area contributed by atoms with Gasteiger partial charge in [0.15, 0.2) is 6.29 Å². The van der Waals surface area contributed by atoms with Crippen molar-refractivity contribution in [3.63, 3.8) is 0 Å². The number of hydrogen-bond acceptors (Lipinski definition) is 2. The van der Waals surface area contributed by atoms with Crippen LogP contribution in [0.25, 0.3) is 0 Å². The average molecular weight is 260 g/mol. The quantitative estimate of drug-likeness (QED) is 0.569. The van der Waals surface area contributed by atoms with E-state index in [9.17, 15) is 18.0 Å². The summed E-state index contributed by atoms with van der Waals surface area (Å²) in [6, 6.07) is 3.38. The van der Waals surface area contributed by atoms with E-state index in [0.29, 0.717) is 6.61 Å². The standard InChI is InChI=1S/C13H15F3O2/c1-2-3-4-7-18-11-6-5-10(9-17)12(8-11)13(14,15)16/h5-6,8-9H,2-4,7H2,1H3. The van der Waals surface area contributed by atoms with Gasteiger partial charge in [0, 0.05) is 5.56 Å². The smallest absolute Gasteiger partial charge is 0.417 e. The van der Waals surface area contributed by atoms with Crippen molar-refractivity contribution >= 4 is 6.29 Å². The molecule has 0 bridgehead atoms. The van der Waals surface area contributed by atoms with Gasteiger partial charge in [-0.15, -0.1) is 0 Å². The molecule has 0 aliphatic rings. The van der Waals surface area contributed by atoms with Crippen molar-refractivity contribution in [1.29, 1.82) is 0 Å². The molecule has 100 valence electrons. The fourth-order valence-corrected chi connectivity index (χ4v) is 1.52. The van der Waals surface area contributed by atoms with Gasteiger partial charge < -0.3 is 4.74 Å². The first-order valence-electron chi connectivity index (χ1n) is 5.78. The maximum atomic E-state index is 12.6. The molecular weight excluding hydrogens is 245 g/mol. The molecule has 0 aromatic heterocycles. The summed E-state index contributed by atoms with van der Waals surface area (Å²) in [7, 11) is 0. The monoisotopic (exact) mass is 260 g/mol. The first-order chi connectivity index (χ1) is 8.49. The SMILES string of the molecule is CCCCCOc1ccc(C=O)c(C(F)(F)F)c1. The third kappa shape index (κ3) is 4.05. The zero-order valence-electron chi connectivity index (χ0n) is 10.1. The molecule has 1 aromatic carbocycles. The molecule has 0 N–H and O–H groups in total. The molecular formula is C13H15F3O2. The molecule has 0 heterocycles. The van der Waals surface area contributed by atoms with Gasteiger partial charge in [0.25, 0.3) is 0 Å². The van der Waals surface area contributed by atoms with Crippen LogP contribution < -0.4 is 4.74 Å². The molecule has 1 aromatic rings. The summed E-state index contributed by atoms with van der Waals surface area (Å²) in [5, 5.41) is 0. The molecule has 0 radical (unpaired) electrons. The molecule has 5 heteroatoms. The van der Waals surface area contributed by atoms with Crippen LogP contribution in [-0.4, -0.2) is 12.9 Å². The summed E-state index contributed by atoms with van der Waals surface area (Å²) in [5.41, 5.74) is -1.33. The molecule has 0 spiro atoms. The van der Waals surface area contributed by atoms with Gasteiger partial charge >= 0.3 is 6.18 Å². The Balaban J connectivity index is 2.80. The highest BCUT2D eigenvalue weighted by atomic mass is 19.4. The third-order valence-corrected chi connectivity index (χ3v) is 2.47. The van der Waals surface area contributed by atoms with Crippen molar-refractivity contribution in [1.82, 2.24) is 0 Å². The Hall–Kier alpha value is -1.52. The highest BCUT2D eigenvalue weighted by Crippen LogP contribution is 2.33. The van der Waals surface area contributed by atoms with E-state index in [4.69, 9.17) is 4.74 Å². The van der Waals surface area contributed by atoms with Gasteiger partial charge in [-0.2, -0.15) is 13.2 Å². The number of aldehydes is 1. The molecule has 1 rings (SSSR count). The second-order valence-electron chi connectivity index (χ2n) is 3.92. The number of carbonyl (C=O) groups is 1. The molecule has 0 fully saturated rings. The van der Waals surface area contributed by atoms with Crippen LogP contribution in [0.15, 0.2) is 18.2 Å². The van der Waals surface area contributed by atoms with Gasteiger partial charge in [-0.1, -0.05) is 19.8 Å². The summed E-state index contributed by atoms with van der Waals surface area (Å²) in [6.45, 7) is 2.41. The van der Waals surface area contributed by atoms with Crippen LogP contribution in [0.4, 0.5) is 13.2 Å². The minimum Gasteiger partial charge on any atom is -0.494 e. The van der Waals surface area contributed by atoms with E-state index in [1.54, 1.807) is 0 Å². The average Bonchev–Trinajstić information content (AvgIpc) is 2.33. The summed E-state index contributed by atoms with van der Waals surface area (Å²) in [6.07, 6.45) is -1.56. The Morgan fingerprint density at radius 3 is 2.56 bits per heavy atom. The molecule has 2 nitrogen and oxygen atoms in total. The Bertz CT molecular complexity index is 400. The van der Waals surface area contributed by atoms with Crippen LogP contribution in [0.3, 0.4) is 0 Å². The molecule has 0 saturated carbocycles. The number of rotatable bonds is 6. The van der Waals surface area contributed by atoms with Crippen LogP contribution in [0, 0.1) is 0 Å². The van der Waals surface area contributed by atoms with Crippen molar-refractivity contribution < 1.29 is 22.7 Å². The summed E-state index contributed by atoms with van der Waals surface area (Å²) >= 11 is 0. The van der Waals surface area contributed by atoms with Crippen LogP contribution in [0.5, 0.6) is 5.75 Å². The number of unbranched alkanes of at least 4 members (excludes halogenated alkanes) is 2. The lowest BCUT2D eigenvalue weighted by molar-refractivity contribution is -0.137. The minimum absolute atomic E-state index is 0.143. The van der Waals surface area contributed by atoms with E-state index in [1.165, 1.54) is 6.07 Å². The van der Waals surface area contributed by atoms with Gasteiger partial charge in [0.1, 0.15) is 5.75 Å². The first-order valence-corrected chi connectivity index (χ1v) is 5.78. The van der Waals surface area contributed by atoms with E-state index in [-0.39, 0.29) is 17.6 Å². The highest BCUT2D eigenvalue weighted by Gasteiger charge is 2.33. The Labute approximate surface area is 104 Å². The maximum Gasteiger partial charge on any atom is 0.417 e. The van der Waals surface area contributed by atoms with Crippen LogP contribution in [-0.2, 0) is 6.18 Å². The van der Waals surface area contributed by atoms with Gasteiger partial charge in [-0.3, -0.25) is 4.79 Å². The zero-order valence-corrected chi connectivity index (χ0v) is 10.1. The Kier molecular flexibility index (Phi) is 5.19. The van der Waals surface area contributed by atoms with Crippen LogP contribution in [0.2, 0.25) is 0 Å².